The van der Waals surface area contributed by atoms with Gasteiger partial charge in [0.2, 0.25) is 11.8 Å². The fraction of sp³-hybridized carbons (Fsp3) is 0.633. The number of thioether (sulfide) groups is 1. The molecule has 4 aliphatic carbocycles. The quantitative estimate of drug-likeness (QED) is 0.153. The Hall–Kier alpha value is -5.53. The molecule has 12 rings (SSSR count). The largest absolute Gasteiger partial charge is 0.462 e. The highest BCUT2D eigenvalue weighted by Crippen LogP contribution is 2.55. The predicted octanol–water partition coefficient (Wildman–Crippen LogP) is 7.62. The minimum atomic E-state index is -0.248. The van der Waals surface area contributed by atoms with E-state index in [2.05, 4.69) is 76.1 Å². The van der Waals surface area contributed by atoms with Crippen LogP contribution in [0, 0.1) is 33.5 Å². The normalized spacial score (nSPS) is 28.9. The number of carbonyl (C=O) groups is 2. The molecule has 0 saturated carbocycles. The molecule has 78 heavy (non-hydrogen) atoms. The molecule has 0 N–H and O–H groups in total. The Bertz CT molecular complexity index is 2970. The number of amides is 2. The van der Waals surface area contributed by atoms with Gasteiger partial charge in [-0.25, -0.2) is 0 Å². The molecule has 18 heteroatoms. The fourth-order valence-corrected chi connectivity index (χ4v) is 18.0. The number of anilines is 2. The minimum absolute atomic E-state index is 0.102. The molecule has 3 unspecified atom stereocenters. The molecule has 5 aliphatic heterocycles. The average Bonchev–Trinajstić information content (AvgIpc) is 4.30. The molecule has 0 aromatic carbocycles. The molecule has 2 amide bonds. The van der Waals surface area contributed by atoms with Gasteiger partial charge in [-0.05, 0) is 174 Å². The van der Waals surface area contributed by atoms with E-state index in [4.69, 9.17) is 29.4 Å². The van der Waals surface area contributed by atoms with Gasteiger partial charge >= 0.3 is 12.0 Å². The lowest BCUT2D eigenvalue weighted by Gasteiger charge is -2.44. The van der Waals surface area contributed by atoms with Gasteiger partial charge in [0.25, 0.3) is 0 Å². The van der Waals surface area contributed by atoms with Crippen molar-refractivity contribution in [1.82, 2.24) is 39.5 Å². The van der Waals surface area contributed by atoms with Crippen LogP contribution in [0.5, 0.6) is 12.0 Å². The Morgan fingerprint density at radius 1 is 0.692 bits per heavy atom. The maximum Gasteiger partial charge on any atom is 0.318 e. The molecular weight excluding hydrogens is 1020 g/mol. The number of nitriles is 2. The number of nitrogens with zero attached hydrogens (tertiary/aromatic N) is 12. The molecule has 3 aromatic heterocycles. The van der Waals surface area contributed by atoms with E-state index >= 15 is 0 Å². The van der Waals surface area contributed by atoms with Crippen molar-refractivity contribution in [2.75, 3.05) is 95.2 Å². The summed E-state index contributed by atoms with van der Waals surface area (Å²) in [5.41, 5.74) is 9.69. The van der Waals surface area contributed by atoms with Gasteiger partial charge < -0.3 is 34.0 Å². The second-order valence-electron chi connectivity index (χ2n) is 24.3. The van der Waals surface area contributed by atoms with E-state index in [1.807, 2.05) is 11.3 Å². The van der Waals surface area contributed by atoms with Gasteiger partial charge in [0.15, 0.2) is 0 Å². The first-order valence-corrected chi connectivity index (χ1v) is 30.8. The van der Waals surface area contributed by atoms with Crippen LogP contribution in [0.3, 0.4) is 0 Å². The molecule has 2 spiro atoms. The predicted molar refractivity (Wildman–Crippen MR) is 304 cm³/mol. The van der Waals surface area contributed by atoms with Crippen molar-refractivity contribution < 1.29 is 19.1 Å². The lowest BCUT2D eigenvalue weighted by molar-refractivity contribution is -0.129. The van der Waals surface area contributed by atoms with Crippen LogP contribution in [0.25, 0.3) is 0 Å². The van der Waals surface area contributed by atoms with Crippen molar-refractivity contribution >= 4 is 46.5 Å². The maximum atomic E-state index is 12.9. The van der Waals surface area contributed by atoms with Gasteiger partial charge in [-0.1, -0.05) is 18.7 Å². The summed E-state index contributed by atoms with van der Waals surface area (Å²) in [7, 11) is 4.40. The Kier molecular flexibility index (Phi) is 15.1. The van der Waals surface area contributed by atoms with Crippen molar-refractivity contribution in [1.29, 1.82) is 10.5 Å². The molecule has 4 fully saturated rings. The summed E-state index contributed by atoms with van der Waals surface area (Å²) in [5.74, 6) is 3.20. The zero-order chi connectivity index (χ0) is 53.7. The fourth-order valence-electron chi connectivity index (χ4n) is 15.2. The van der Waals surface area contributed by atoms with Crippen molar-refractivity contribution in [3.05, 3.63) is 79.7 Å². The molecule has 8 heterocycles. The number of thiophene rings is 1. The minimum Gasteiger partial charge on any atom is -0.462 e. The molecule has 3 aromatic rings. The van der Waals surface area contributed by atoms with Crippen LogP contribution in [0.1, 0.15) is 121 Å². The lowest BCUT2D eigenvalue weighted by Crippen LogP contribution is -2.55. The second-order valence-corrected chi connectivity index (χ2v) is 26.4. The highest BCUT2D eigenvalue weighted by molar-refractivity contribution is 8.03. The van der Waals surface area contributed by atoms with E-state index in [0.29, 0.717) is 76.5 Å². The number of likely N-dealkylation sites (tertiary alicyclic amines) is 2. The zero-order valence-corrected chi connectivity index (χ0v) is 47.5. The van der Waals surface area contributed by atoms with Crippen LogP contribution in [-0.2, 0) is 48.1 Å². The van der Waals surface area contributed by atoms with E-state index in [1.165, 1.54) is 58.7 Å². The molecule has 7 atom stereocenters. The summed E-state index contributed by atoms with van der Waals surface area (Å²) in [5, 5.41) is 22.1. The van der Waals surface area contributed by atoms with Crippen LogP contribution in [0.15, 0.2) is 41.2 Å². The van der Waals surface area contributed by atoms with Gasteiger partial charge in [-0.3, -0.25) is 14.5 Å². The number of hydrogen-bond donors (Lipinski definition) is 0. The maximum absolute atomic E-state index is 12.9. The molecule has 0 radical (unpaired) electrons. The molecule has 9 aliphatic rings. The topological polar surface area (TPSA) is 171 Å². The van der Waals surface area contributed by atoms with Gasteiger partial charge in [-0.2, -0.15) is 30.5 Å². The van der Waals surface area contributed by atoms with Gasteiger partial charge in [0.05, 0.1) is 48.5 Å². The third-order valence-corrected chi connectivity index (χ3v) is 22.0. The monoisotopic (exact) mass is 1090 g/mol. The average molecular weight is 1090 g/mol. The lowest BCUT2D eigenvalue weighted by atomic mass is 9.64. The molecular formula is C60H76N12O4S2. The second kappa shape index (κ2) is 22.2. The van der Waals surface area contributed by atoms with Crippen LogP contribution in [0.4, 0.5) is 11.6 Å². The first kappa shape index (κ1) is 53.1. The van der Waals surface area contributed by atoms with Crippen LogP contribution in [-0.4, -0.2) is 161 Å². The third-order valence-electron chi connectivity index (χ3n) is 19.8. The Morgan fingerprint density at radius 2 is 1.27 bits per heavy atom. The van der Waals surface area contributed by atoms with Crippen LogP contribution < -0.4 is 19.3 Å². The number of piperazine rings is 2. The highest BCUT2D eigenvalue weighted by Gasteiger charge is 2.45. The Morgan fingerprint density at radius 3 is 1.85 bits per heavy atom. The number of allylic oxidation sites excluding steroid dienone is 2. The van der Waals surface area contributed by atoms with Crippen molar-refractivity contribution in [2.45, 2.75) is 146 Å². The molecule has 0 bridgehead atoms. The van der Waals surface area contributed by atoms with E-state index in [1.54, 1.807) is 25.8 Å². The Labute approximate surface area is 468 Å². The summed E-state index contributed by atoms with van der Waals surface area (Å²) < 4.78 is 13.3. The smallest absolute Gasteiger partial charge is 0.318 e. The van der Waals surface area contributed by atoms with Gasteiger partial charge in [-0.15, -0.1) is 23.1 Å². The van der Waals surface area contributed by atoms with E-state index in [0.717, 1.165) is 120 Å². The summed E-state index contributed by atoms with van der Waals surface area (Å²) >= 11 is 4.02. The number of fused-ring (bicyclic) bond motifs is 3. The highest BCUT2D eigenvalue weighted by atomic mass is 32.2. The SMILES string of the molecule is C=CC(=O)N1CCN(c2nc(OCC3CC(c4csc5c4CC[C@]4(CCc6c(nc(OCC7CCCN7C)nc6N6CCN(C(=O)C=C)[C@@H](CC#N)C6)C4)C5)CN3C)nc3c2CC[C@@]2(CCC4=C(C2)SCC4)C3)C[C@H]1CC#N. The van der Waals surface area contributed by atoms with Crippen molar-refractivity contribution in [3.8, 4) is 24.2 Å². The Balaban J connectivity index is 0.748. The number of rotatable bonds is 13. The van der Waals surface area contributed by atoms with Crippen LogP contribution in [0.2, 0.25) is 0 Å². The van der Waals surface area contributed by atoms with Gasteiger partial charge in [0, 0.05) is 79.7 Å². The molecule has 16 nitrogen and oxygen atoms in total. The first-order chi connectivity index (χ1) is 37.9. The summed E-state index contributed by atoms with van der Waals surface area (Å²) in [4.78, 5) is 62.8. The molecule has 4 saturated heterocycles. The van der Waals surface area contributed by atoms with E-state index < -0.39 is 0 Å². The number of likely N-dealkylation sites (N-methyl/N-ethyl adjacent to an activating group) is 2. The van der Waals surface area contributed by atoms with E-state index in [-0.39, 0.29) is 53.6 Å². The number of ether oxygens (including phenoxy) is 2. The number of carbonyl (C=O) groups excluding carboxylic acids is 2. The number of hydrogen-bond acceptors (Lipinski definition) is 16. The third kappa shape index (κ3) is 10.3. The first-order valence-electron chi connectivity index (χ1n) is 28.9. The summed E-state index contributed by atoms with van der Waals surface area (Å²) in [6.07, 6.45) is 20.3. The zero-order valence-electron chi connectivity index (χ0n) is 45.9. The van der Waals surface area contributed by atoms with E-state index in [9.17, 15) is 20.1 Å². The number of aromatic nitrogens is 4. The van der Waals surface area contributed by atoms with Gasteiger partial charge in [0.1, 0.15) is 24.8 Å². The summed E-state index contributed by atoms with van der Waals surface area (Å²) in [6, 6.07) is 5.60. The van der Waals surface area contributed by atoms with Crippen LogP contribution >= 0.6 is 23.1 Å². The summed E-state index contributed by atoms with van der Waals surface area (Å²) in [6.45, 7) is 13.9. The van der Waals surface area contributed by atoms with Crippen molar-refractivity contribution in [3.63, 3.8) is 0 Å². The van der Waals surface area contributed by atoms with Crippen molar-refractivity contribution in [2.24, 2.45) is 10.8 Å². The molecule has 412 valence electrons. The standard InChI is InChI=1S/C60H76N12O4S2/c1-5-53(73)71-25-23-69(34-41(71)13-20-61)55-47-12-19-60(30-50(47)63-57(65-55)75-36-43-8-7-22-67(43)3)17-10-45-48(38-78-52(45)32-60)40-28-44(68(4)33-40)37-76-58-64-49-29-59(16-9-39-15-27-77-51(39)31-59)18-11-46(49)56(66-58)70-24-26-72(54(74)6-2)42(35-70)14-21-62/h5-6,38,40-44H,1-2,7-19,22-37H2,3-4H3/t40?,41-,42+,43?,44?,59-,60+/m0/s1.